The maximum absolute atomic E-state index is 13.2. The van der Waals surface area contributed by atoms with E-state index < -0.39 is 66.4 Å². The molecule has 0 saturated carbocycles. The van der Waals surface area contributed by atoms with Crippen molar-refractivity contribution in [1.29, 1.82) is 0 Å². The van der Waals surface area contributed by atoms with E-state index in [1.54, 1.807) is 24.3 Å². The molecule has 0 heterocycles. The molecule has 15 nitrogen and oxygen atoms in total. The van der Waals surface area contributed by atoms with Gasteiger partial charge < -0.3 is 48.5 Å². The summed E-state index contributed by atoms with van der Waals surface area (Å²) in [7, 11) is 0. The van der Waals surface area contributed by atoms with Crippen molar-refractivity contribution in [2.24, 2.45) is 22.2 Å². The Morgan fingerprint density at radius 2 is 1.46 bits per heavy atom. The first-order valence-corrected chi connectivity index (χ1v) is 12.2. The van der Waals surface area contributed by atoms with Crippen LogP contribution in [0.15, 0.2) is 35.3 Å². The van der Waals surface area contributed by atoms with E-state index in [9.17, 15) is 34.2 Å². The normalized spacial score (nSPS) is 14.5. The summed E-state index contributed by atoms with van der Waals surface area (Å²) < 4.78 is 0. The van der Waals surface area contributed by atoms with E-state index in [-0.39, 0.29) is 38.2 Å². The standard InChI is InChI=1S/C24H37N7O8/c1-13(32)19(23(38)39)31-22(37)17(9-10-18(33)34)30-21(36)16(8-5-11-28-24(26)27)29-20(35)15(25)12-14-6-3-2-4-7-14/h2-4,6-7,13,15-17,19,32H,5,8-12,25H2,1H3,(H,29,35)(H,30,36)(H,31,37)(H,33,34)(H,38,39)(H4,26,27,28). The van der Waals surface area contributed by atoms with Crippen molar-refractivity contribution in [2.45, 2.75) is 69.3 Å². The van der Waals surface area contributed by atoms with Crippen LogP contribution in [0.1, 0.15) is 38.2 Å². The number of benzene rings is 1. The molecule has 0 saturated heterocycles. The third-order valence-electron chi connectivity index (χ3n) is 5.54. The average molecular weight is 552 g/mol. The van der Waals surface area contributed by atoms with E-state index in [0.29, 0.717) is 0 Å². The third kappa shape index (κ3) is 12.7. The number of rotatable bonds is 17. The second-order valence-corrected chi connectivity index (χ2v) is 8.86. The first-order chi connectivity index (χ1) is 18.3. The van der Waals surface area contributed by atoms with Gasteiger partial charge in [0.2, 0.25) is 17.7 Å². The summed E-state index contributed by atoms with van der Waals surface area (Å²) in [5.74, 6) is -5.46. The SMILES string of the molecule is CC(O)C(NC(=O)C(CCC(=O)O)NC(=O)C(CCCN=C(N)N)NC(=O)C(N)Cc1ccccc1)C(=O)O. The Bertz CT molecular complexity index is 1010. The van der Waals surface area contributed by atoms with Crippen LogP contribution in [0.5, 0.6) is 0 Å². The molecule has 0 bridgehead atoms. The Labute approximate surface area is 225 Å². The smallest absolute Gasteiger partial charge is 0.328 e. The summed E-state index contributed by atoms with van der Waals surface area (Å²) in [4.78, 5) is 65.0. The maximum Gasteiger partial charge on any atom is 0.328 e. The number of hydrogen-bond acceptors (Lipinski definition) is 8. The molecule has 15 heteroatoms. The van der Waals surface area contributed by atoms with Gasteiger partial charge in [-0.2, -0.15) is 0 Å². The maximum atomic E-state index is 13.2. The zero-order valence-corrected chi connectivity index (χ0v) is 21.6. The van der Waals surface area contributed by atoms with Crippen LogP contribution in [0.4, 0.5) is 0 Å². The van der Waals surface area contributed by atoms with E-state index in [2.05, 4.69) is 20.9 Å². The number of amides is 3. The van der Waals surface area contributed by atoms with Crippen molar-refractivity contribution < 1.29 is 39.3 Å². The fraction of sp³-hybridized carbons (Fsp3) is 0.500. The van der Waals surface area contributed by atoms with E-state index in [1.165, 1.54) is 0 Å². The molecule has 1 aromatic carbocycles. The van der Waals surface area contributed by atoms with Crippen LogP contribution in [0.2, 0.25) is 0 Å². The van der Waals surface area contributed by atoms with E-state index in [1.807, 2.05) is 6.07 Å². The lowest BCUT2D eigenvalue weighted by atomic mass is 10.0. The molecule has 0 radical (unpaired) electrons. The number of aliphatic hydroxyl groups excluding tert-OH is 1. The molecule has 1 rings (SSSR count). The zero-order chi connectivity index (χ0) is 29.5. The quantitative estimate of drug-likeness (QED) is 0.0549. The van der Waals surface area contributed by atoms with Crippen LogP contribution in [0.25, 0.3) is 0 Å². The number of carboxylic acid groups (broad SMARTS) is 2. The van der Waals surface area contributed by atoms with Crippen molar-refractivity contribution in [2.75, 3.05) is 6.54 Å². The fourth-order valence-electron chi connectivity index (χ4n) is 3.46. The number of aliphatic imine (C=N–C) groups is 1. The van der Waals surface area contributed by atoms with Gasteiger partial charge in [0.1, 0.15) is 12.1 Å². The minimum atomic E-state index is -1.70. The van der Waals surface area contributed by atoms with Gasteiger partial charge in [-0.1, -0.05) is 30.3 Å². The predicted octanol–water partition coefficient (Wildman–Crippen LogP) is -2.61. The van der Waals surface area contributed by atoms with Gasteiger partial charge in [0.15, 0.2) is 12.0 Å². The van der Waals surface area contributed by atoms with Crippen molar-refractivity contribution in [3.8, 4) is 0 Å². The third-order valence-corrected chi connectivity index (χ3v) is 5.54. The molecule has 0 aliphatic rings. The molecule has 3 amide bonds. The average Bonchev–Trinajstić information content (AvgIpc) is 2.86. The highest BCUT2D eigenvalue weighted by atomic mass is 16.4. The summed E-state index contributed by atoms with van der Waals surface area (Å²) in [5, 5.41) is 34.9. The number of aliphatic carboxylic acids is 2. The summed E-state index contributed by atoms with van der Waals surface area (Å²) in [5.41, 5.74) is 17.4. The Kier molecular flexibility index (Phi) is 13.9. The van der Waals surface area contributed by atoms with Gasteiger partial charge in [0, 0.05) is 13.0 Å². The van der Waals surface area contributed by atoms with Gasteiger partial charge in [-0.05, 0) is 38.2 Å². The molecule has 5 unspecified atom stereocenters. The molecule has 5 atom stereocenters. The highest BCUT2D eigenvalue weighted by molar-refractivity contribution is 5.94. The zero-order valence-electron chi connectivity index (χ0n) is 21.6. The number of nitrogens with two attached hydrogens (primary N) is 3. The predicted molar refractivity (Wildman–Crippen MR) is 140 cm³/mol. The molecule has 216 valence electrons. The van der Waals surface area contributed by atoms with Gasteiger partial charge in [-0.3, -0.25) is 24.2 Å². The number of nitrogens with one attached hydrogen (secondary N) is 3. The Morgan fingerprint density at radius 3 is 2.00 bits per heavy atom. The molecule has 0 aliphatic heterocycles. The molecular weight excluding hydrogens is 514 g/mol. The van der Waals surface area contributed by atoms with Gasteiger partial charge >= 0.3 is 11.9 Å². The molecule has 0 aromatic heterocycles. The van der Waals surface area contributed by atoms with E-state index in [4.69, 9.17) is 22.3 Å². The van der Waals surface area contributed by atoms with Gasteiger partial charge in [-0.15, -0.1) is 0 Å². The van der Waals surface area contributed by atoms with Crippen LogP contribution in [-0.2, 0) is 30.4 Å². The Hall–Kier alpha value is -4.24. The number of aliphatic hydroxyl groups is 1. The van der Waals surface area contributed by atoms with Crippen LogP contribution in [0.3, 0.4) is 0 Å². The second-order valence-electron chi connectivity index (χ2n) is 8.86. The van der Waals surface area contributed by atoms with Crippen molar-refractivity contribution >= 4 is 35.6 Å². The van der Waals surface area contributed by atoms with Gasteiger partial charge in [0.25, 0.3) is 0 Å². The highest BCUT2D eigenvalue weighted by Gasteiger charge is 2.32. The second kappa shape index (κ2) is 16.6. The number of nitrogens with zero attached hydrogens (tertiary/aromatic N) is 1. The van der Waals surface area contributed by atoms with E-state index in [0.717, 1.165) is 12.5 Å². The summed E-state index contributed by atoms with van der Waals surface area (Å²) in [6, 6.07) is 3.56. The largest absolute Gasteiger partial charge is 0.481 e. The Balaban J connectivity index is 3.06. The molecule has 12 N–H and O–H groups in total. The molecular formula is C24H37N7O8. The lowest BCUT2D eigenvalue weighted by Gasteiger charge is -2.25. The Morgan fingerprint density at radius 1 is 0.897 bits per heavy atom. The summed E-state index contributed by atoms with van der Waals surface area (Å²) in [6.07, 6.45) is -1.93. The number of hydrogen-bond donors (Lipinski definition) is 9. The van der Waals surface area contributed by atoms with Crippen LogP contribution in [0, 0.1) is 0 Å². The minimum Gasteiger partial charge on any atom is -0.481 e. The number of carbonyl (C=O) groups excluding carboxylic acids is 3. The highest BCUT2D eigenvalue weighted by Crippen LogP contribution is 2.07. The number of guanidine groups is 1. The van der Waals surface area contributed by atoms with E-state index >= 15 is 0 Å². The molecule has 1 aromatic rings. The minimum absolute atomic E-state index is 0.0328. The fourth-order valence-corrected chi connectivity index (χ4v) is 3.46. The van der Waals surface area contributed by atoms with Crippen LogP contribution in [-0.4, -0.2) is 87.8 Å². The monoisotopic (exact) mass is 551 g/mol. The van der Waals surface area contributed by atoms with Gasteiger partial charge in [-0.25, -0.2) is 4.79 Å². The molecule has 39 heavy (non-hydrogen) atoms. The molecule has 0 spiro atoms. The van der Waals surface area contributed by atoms with Crippen molar-refractivity contribution in [3.63, 3.8) is 0 Å². The molecule has 0 aliphatic carbocycles. The van der Waals surface area contributed by atoms with Gasteiger partial charge in [0.05, 0.1) is 12.1 Å². The van der Waals surface area contributed by atoms with Crippen molar-refractivity contribution in [1.82, 2.24) is 16.0 Å². The first kappa shape index (κ1) is 32.8. The summed E-state index contributed by atoms with van der Waals surface area (Å²) in [6.45, 7) is 1.28. The molecule has 0 fully saturated rings. The number of carbonyl (C=O) groups is 5. The van der Waals surface area contributed by atoms with Crippen molar-refractivity contribution in [3.05, 3.63) is 35.9 Å². The lowest BCUT2D eigenvalue weighted by molar-refractivity contribution is -0.145. The lowest BCUT2D eigenvalue weighted by Crippen LogP contribution is -2.58. The number of carboxylic acids is 2. The summed E-state index contributed by atoms with van der Waals surface area (Å²) >= 11 is 0. The van der Waals surface area contributed by atoms with Crippen LogP contribution >= 0.6 is 0 Å². The topological polar surface area (TPSA) is 273 Å². The first-order valence-electron chi connectivity index (χ1n) is 12.2. The van der Waals surface area contributed by atoms with Crippen LogP contribution < -0.4 is 33.2 Å².